The second-order valence-electron chi connectivity index (χ2n) is 6.48. The van der Waals surface area contributed by atoms with Gasteiger partial charge in [-0.05, 0) is 51.8 Å². The molecule has 0 spiro atoms. The monoisotopic (exact) mass is 372 g/mol. The van der Waals surface area contributed by atoms with Crippen molar-refractivity contribution in [3.05, 3.63) is 51.9 Å². The number of rotatable bonds is 7. The second kappa shape index (κ2) is 9.07. The zero-order chi connectivity index (χ0) is 20.0. The van der Waals surface area contributed by atoms with Gasteiger partial charge in [-0.15, -0.1) is 0 Å². The van der Waals surface area contributed by atoms with E-state index in [0.29, 0.717) is 0 Å². The fourth-order valence-electron chi connectivity index (χ4n) is 2.49. The number of fused-ring (bicyclic) bond motifs is 1. The highest BCUT2D eigenvalue weighted by Crippen LogP contribution is 2.36. The lowest BCUT2D eigenvalue weighted by molar-refractivity contribution is -0.131. The first-order valence-electron chi connectivity index (χ1n) is 8.68. The molecule has 6 nitrogen and oxygen atoms in total. The molecule has 1 heterocycles. The van der Waals surface area contributed by atoms with E-state index >= 15 is 0 Å². The minimum absolute atomic E-state index is 0.0553. The van der Waals surface area contributed by atoms with Gasteiger partial charge in [-0.25, -0.2) is 4.79 Å². The van der Waals surface area contributed by atoms with Crippen molar-refractivity contribution in [1.29, 1.82) is 0 Å². The number of ether oxygens (including phenoxy) is 2. The van der Waals surface area contributed by atoms with E-state index < -0.39 is 11.6 Å². The molecule has 0 fully saturated rings. The predicted octanol–water partition coefficient (Wildman–Crippen LogP) is 4.50. The maximum Gasteiger partial charge on any atom is 0.383 e. The Morgan fingerprint density at radius 2 is 1.89 bits per heavy atom. The average molecular weight is 372 g/mol. The number of allylic oxidation sites excluding steroid dienone is 3. The van der Waals surface area contributed by atoms with Crippen molar-refractivity contribution < 1.29 is 23.8 Å². The highest BCUT2D eigenvalue weighted by molar-refractivity contribution is 5.91. The normalized spacial score (nSPS) is 11.3. The van der Waals surface area contributed by atoms with E-state index in [2.05, 4.69) is 19.9 Å². The lowest BCUT2D eigenvalue weighted by atomic mass is 10.1. The summed E-state index contributed by atoms with van der Waals surface area (Å²) in [6, 6.07) is 4.51. The van der Waals surface area contributed by atoms with Crippen molar-refractivity contribution in [2.45, 2.75) is 40.5 Å². The van der Waals surface area contributed by atoms with Crippen LogP contribution < -0.4 is 15.1 Å². The van der Waals surface area contributed by atoms with E-state index in [-0.39, 0.29) is 34.8 Å². The molecule has 6 heteroatoms. The molecule has 0 atom stereocenters. The van der Waals surface area contributed by atoms with Crippen LogP contribution in [-0.4, -0.2) is 17.7 Å². The number of carbonyl (C=O) groups excluding carboxylic acids is 1. The van der Waals surface area contributed by atoms with Gasteiger partial charge in [0.25, 0.3) is 0 Å². The van der Waals surface area contributed by atoms with Crippen LogP contribution in [0.5, 0.6) is 17.2 Å². The van der Waals surface area contributed by atoms with Gasteiger partial charge in [-0.2, -0.15) is 0 Å². The molecule has 0 radical (unpaired) electrons. The highest BCUT2D eigenvalue weighted by Gasteiger charge is 2.20. The van der Waals surface area contributed by atoms with E-state index in [1.807, 2.05) is 13.0 Å². The van der Waals surface area contributed by atoms with E-state index in [1.54, 1.807) is 12.1 Å². The Bertz CT molecular complexity index is 945. The molecule has 2 rings (SSSR count). The predicted molar refractivity (Wildman–Crippen MR) is 103 cm³/mol. The molecule has 1 aromatic heterocycles. The van der Waals surface area contributed by atoms with Crippen molar-refractivity contribution in [3.8, 4) is 17.2 Å². The standard InChI is InChI=1S/C21H24O6/c1-13(2)7-5-8-14(3)11-12-25-20-19(26-15(4)22)16-9-6-10-17(23)18(16)27-21(20)24/h6-7,9-11,23H,5,8,12H2,1-4H3. The smallest absolute Gasteiger partial charge is 0.383 e. The van der Waals surface area contributed by atoms with E-state index in [4.69, 9.17) is 13.9 Å². The van der Waals surface area contributed by atoms with Gasteiger partial charge in [0.1, 0.15) is 6.61 Å². The van der Waals surface area contributed by atoms with Crippen molar-refractivity contribution >= 4 is 16.9 Å². The number of para-hydroxylation sites is 1. The Kier molecular flexibility index (Phi) is 6.82. The summed E-state index contributed by atoms with van der Waals surface area (Å²) < 4.78 is 15.9. The summed E-state index contributed by atoms with van der Waals surface area (Å²) in [5.41, 5.74) is 1.50. The summed E-state index contributed by atoms with van der Waals surface area (Å²) in [5.74, 6) is -1.08. The van der Waals surface area contributed by atoms with Crippen LogP contribution >= 0.6 is 0 Å². The van der Waals surface area contributed by atoms with Gasteiger partial charge in [-0.3, -0.25) is 4.79 Å². The summed E-state index contributed by atoms with van der Waals surface area (Å²) >= 11 is 0. The number of esters is 1. The molecule has 1 aromatic carbocycles. The second-order valence-corrected chi connectivity index (χ2v) is 6.48. The topological polar surface area (TPSA) is 86.0 Å². The zero-order valence-electron chi connectivity index (χ0n) is 16.0. The average Bonchev–Trinajstić information content (AvgIpc) is 2.57. The lowest BCUT2D eigenvalue weighted by Gasteiger charge is -2.11. The number of benzene rings is 1. The van der Waals surface area contributed by atoms with Crippen molar-refractivity contribution in [2.24, 2.45) is 0 Å². The maximum atomic E-state index is 12.3. The summed E-state index contributed by atoms with van der Waals surface area (Å²) in [5, 5.41) is 10.2. The largest absolute Gasteiger partial charge is 0.504 e. The first-order chi connectivity index (χ1) is 12.8. The Morgan fingerprint density at radius 3 is 2.56 bits per heavy atom. The van der Waals surface area contributed by atoms with Crippen LogP contribution in [0, 0.1) is 0 Å². The number of hydrogen-bond acceptors (Lipinski definition) is 6. The van der Waals surface area contributed by atoms with Crippen LogP contribution in [-0.2, 0) is 4.79 Å². The van der Waals surface area contributed by atoms with Crippen LogP contribution in [0.1, 0.15) is 40.5 Å². The zero-order valence-corrected chi connectivity index (χ0v) is 16.0. The van der Waals surface area contributed by atoms with Crippen LogP contribution in [0.2, 0.25) is 0 Å². The van der Waals surface area contributed by atoms with Gasteiger partial charge in [0.15, 0.2) is 17.1 Å². The fraction of sp³-hybridized carbons (Fsp3) is 0.333. The van der Waals surface area contributed by atoms with Crippen LogP contribution in [0.15, 0.2) is 50.7 Å². The molecule has 0 aliphatic carbocycles. The van der Waals surface area contributed by atoms with Gasteiger partial charge in [0.2, 0.25) is 5.75 Å². The number of phenols is 1. The Hall–Kier alpha value is -3.02. The molecular formula is C21H24O6. The van der Waals surface area contributed by atoms with E-state index in [9.17, 15) is 14.7 Å². The summed E-state index contributed by atoms with van der Waals surface area (Å²) in [4.78, 5) is 23.8. The SMILES string of the molecule is CC(=O)Oc1c(OCC=C(C)CCC=C(C)C)c(=O)oc2c(O)cccc12. The minimum Gasteiger partial charge on any atom is -0.504 e. The fourth-order valence-corrected chi connectivity index (χ4v) is 2.49. The number of carbonyl (C=O) groups is 1. The summed E-state index contributed by atoms with van der Waals surface area (Å²) in [6.45, 7) is 7.44. The van der Waals surface area contributed by atoms with E-state index in [0.717, 1.165) is 18.4 Å². The molecule has 0 unspecified atom stereocenters. The number of phenolic OH excluding ortho intramolecular Hbond substituents is 1. The molecule has 2 aromatic rings. The van der Waals surface area contributed by atoms with Crippen LogP contribution in [0.25, 0.3) is 11.0 Å². The summed E-state index contributed by atoms with van der Waals surface area (Å²) in [7, 11) is 0. The highest BCUT2D eigenvalue weighted by atomic mass is 16.6. The quantitative estimate of drug-likeness (QED) is 0.438. The van der Waals surface area contributed by atoms with Gasteiger partial charge in [0, 0.05) is 6.92 Å². The first kappa shape index (κ1) is 20.3. The molecule has 0 bridgehead atoms. The molecule has 0 saturated carbocycles. The number of aromatic hydroxyl groups is 1. The Labute approximate surface area is 157 Å². The van der Waals surface area contributed by atoms with Crippen molar-refractivity contribution in [3.63, 3.8) is 0 Å². The van der Waals surface area contributed by atoms with Gasteiger partial charge in [-0.1, -0.05) is 23.3 Å². The molecule has 0 amide bonds. The first-order valence-corrected chi connectivity index (χ1v) is 8.68. The molecule has 1 N–H and O–H groups in total. The molecule has 27 heavy (non-hydrogen) atoms. The molecule has 0 aliphatic heterocycles. The minimum atomic E-state index is -0.823. The maximum absolute atomic E-state index is 12.3. The van der Waals surface area contributed by atoms with Crippen molar-refractivity contribution in [2.75, 3.05) is 6.61 Å². The Morgan fingerprint density at radius 1 is 1.15 bits per heavy atom. The lowest BCUT2D eigenvalue weighted by Crippen LogP contribution is -2.12. The molecule has 0 saturated heterocycles. The molecule has 144 valence electrons. The van der Waals surface area contributed by atoms with Gasteiger partial charge < -0.3 is 19.0 Å². The third kappa shape index (κ3) is 5.48. The van der Waals surface area contributed by atoms with Crippen LogP contribution in [0.3, 0.4) is 0 Å². The van der Waals surface area contributed by atoms with Gasteiger partial charge >= 0.3 is 11.6 Å². The third-order valence-corrected chi connectivity index (χ3v) is 3.82. The molecule has 0 aliphatic rings. The van der Waals surface area contributed by atoms with Crippen LogP contribution in [0.4, 0.5) is 0 Å². The van der Waals surface area contributed by atoms with Gasteiger partial charge in [0.05, 0.1) is 5.39 Å². The third-order valence-electron chi connectivity index (χ3n) is 3.82. The molecular weight excluding hydrogens is 348 g/mol. The number of hydrogen-bond donors (Lipinski definition) is 1. The summed E-state index contributed by atoms with van der Waals surface area (Å²) in [6.07, 6.45) is 5.83. The van der Waals surface area contributed by atoms with E-state index in [1.165, 1.54) is 18.6 Å². The van der Waals surface area contributed by atoms with Crippen molar-refractivity contribution in [1.82, 2.24) is 0 Å². The Balaban J connectivity index is 2.29.